The first-order valence-electron chi connectivity index (χ1n) is 8.05. The summed E-state index contributed by atoms with van der Waals surface area (Å²) in [6.45, 7) is 2.43. The first kappa shape index (κ1) is 14.7. The van der Waals surface area contributed by atoms with Crippen LogP contribution >= 0.6 is 0 Å². The quantitative estimate of drug-likeness (QED) is 0.782. The van der Waals surface area contributed by atoms with Gasteiger partial charge in [0.15, 0.2) is 5.82 Å². The first-order valence-corrected chi connectivity index (χ1v) is 8.05. The molecule has 2 aromatic heterocycles. The van der Waals surface area contributed by atoms with Crippen molar-refractivity contribution in [3.63, 3.8) is 0 Å². The maximum Gasteiger partial charge on any atom is 0.272 e. The molecule has 4 rings (SSSR count). The van der Waals surface area contributed by atoms with E-state index >= 15 is 0 Å². The fraction of sp³-hybridized carbons (Fsp3) is 0.278. The molecule has 0 radical (unpaired) electrons. The molecule has 3 aromatic rings. The minimum absolute atomic E-state index is 0.158. The van der Waals surface area contributed by atoms with E-state index in [1.807, 2.05) is 48.0 Å². The van der Waals surface area contributed by atoms with Gasteiger partial charge in [-0.25, -0.2) is 0 Å². The van der Waals surface area contributed by atoms with E-state index in [0.717, 1.165) is 24.1 Å². The molecule has 0 saturated heterocycles. The molecule has 122 valence electrons. The van der Waals surface area contributed by atoms with Crippen LogP contribution in [0.5, 0.6) is 0 Å². The van der Waals surface area contributed by atoms with Gasteiger partial charge >= 0.3 is 0 Å². The van der Waals surface area contributed by atoms with Crippen LogP contribution in [0.1, 0.15) is 46.5 Å². The van der Waals surface area contributed by atoms with Crippen molar-refractivity contribution in [2.45, 2.75) is 32.2 Å². The molecule has 1 aliphatic rings. The molecule has 0 unspecified atom stereocenters. The number of hydrogen-bond donors (Lipinski definition) is 1. The van der Waals surface area contributed by atoms with Gasteiger partial charge in [-0.15, -0.1) is 0 Å². The number of aryl methyl sites for hydroxylation is 1. The summed E-state index contributed by atoms with van der Waals surface area (Å²) in [7, 11) is 0. The van der Waals surface area contributed by atoms with E-state index in [4.69, 9.17) is 4.52 Å². The third-order valence-corrected chi connectivity index (χ3v) is 4.09. The van der Waals surface area contributed by atoms with Crippen LogP contribution in [-0.4, -0.2) is 20.6 Å². The van der Waals surface area contributed by atoms with Crippen molar-refractivity contribution in [1.29, 1.82) is 0 Å². The molecule has 1 fully saturated rings. The third kappa shape index (κ3) is 3.08. The van der Waals surface area contributed by atoms with Crippen molar-refractivity contribution in [2.75, 3.05) is 5.32 Å². The number of aromatic nitrogens is 3. The Balaban J connectivity index is 1.48. The van der Waals surface area contributed by atoms with E-state index in [2.05, 4.69) is 15.5 Å². The van der Waals surface area contributed by atoms with Gasteiger partial charge in [0.05, 0.1) is 6.54 Å². The molecule has 1 amide bonds. The van der Waals surface area contributed by atoms with Crippen LogP contribution in [0.25, 0.3) is 0 Å². The maximum absolute atomic E-state index is 12.5. The van der Waals surface area contributed by atoms with Crippen molar-refractivity contribution in [3.8, 4) is 0 Å². The smallest absolute Gasteiger partial charge is 0.272 e. The fourth-order valence-corrected chi connectivity index (χ4v) is 2.57. The molecule has 2 heterocycles. The molecule has 1 N–H and O–H groups in total. The van der Waals surface area contributed by atoms with Crippen molar-refractivity contribution in [3.05, 3.63) is 65.6 Å². The first-order chi connectivity index (χ1) is 11.7. The molecular weight excluding hydrogens is 304 g/mol. The molecule has 0 spiro atoms. The number of anilines is 1. The topological polar surface area (TPSA) is 73.0 Å². The lowest BCUT2D eigenvalue weighted by Crippen LogP contribution is -2.17. The van der Waals surface area contributed by atoms with E-state index in [9.17, 15) is 4.79 Å². The number of hydrogen-bond acceptors (Lipinski definition) is 4. The minimum Gasteiger partial charge on any atom is -0.339 e. The molecule has 6 nitrogen and oxygen atoms in total. The van der Waals surface area contributed by atoms with Gasteiger partial charge < -0.3 is 14.4 Å². The number of amides is 1. The SMILES string of the molecule is Cc1ccc(NC(=O)c2cccn2Cc2noc(C3CC3)n2)cc1. The Morgan fingerprint density at radius 1 is 1.29 bits per heavy atom. The number of carbonyl (C=O) groups excluding carboxylic acids is 1. The largest absolute Gasteiger partial charge is 0.339 e. The second kappa shape index (κ2) is 5.96. The Kier molecular flexibility index (Phi) is 3.65. The van der Waals surface area contributed by atoms with Crippen LogP contribution < -0.4 is 5.32 Å². The summed E-state index contributed by atoms with van der Waals surface area (Å²) in [5.74, 6) is 1.58. The molecule has 0 bridgehead atoms. The second-order valence-electron chi connectivity index (χ2n) is 6.16. The average Bonchev–Trinajstić information content (AvgIpc) is 3.14. The summed E-state index contributed by atoms with van der Waals surface area (Å²) in [4.78, 5) is 16.9. The van der Waals surface area contributed by atoms with Gasteiger partial charge in [0.1, 0.15) is 5.69 Å². The Morgan fingerprint density at radius 3 is 2.83 bits per heavy atom. The predicted molar refractivity (Wildman–Crippen MR) is 88.9 cm³/mol. The van der Waals surface area contributed by atoms with Gasteiger partial charge in [0.2, 0.25) is 5.89 Å². The molecule has 6 heteroatoms. The summed E-state index contributed by atoms with van der Waals surface area (Å²) >= 11 is 0. The zero-order valence-electron chi connectivity index (χ0n) is 13.4. The zero-order valence-corrected chi connectivity index (χ0v) is 13.4. The van der Waals surface area contributed by atoms with Crippen LogP contribution in [-0.2, 0) is 6.54 Å². The lowest BCUT2D eigenvalue weighted by atomic mass is 10.2. The normalized spacial score (nSPS) is 13.9. The van der Waals surface area contributed by atoms with E-state index in [1.54, 1.807) is 6.07 Å². The van der Waals surface area contributed by atoms with Crippen molar-refractivity contribution in [1.82, 2.24) is 14.7 Å². The van der Waals surface area contributed by atoms with Crippen LogP contribution in [0.4, 0.5) is 5.69 Å². The Hall–Kier alpha value is -2.89. The summed E-state index contributed by atoms with van der Waals surface area (Å²) in [6.07, 6.45) is 4.09. The van der Waals surface area contributed by atoms with Gasteiger partial charge in [0.25, 0.3) is 5.91 Å². The molecule has 24 heavy (non-hydrogen) atoms. The fourth-order valence-electron chi connectivity index (χ4n) is 2.57. The Bertz CT molecular complexity index is 859. The lowest BCUT2D eigenvalue weighted by Gasteiger charge is -2.08. The van der Waals surface area contributed by atoms with Crippen LogP contribution in [0.15, 0.2) is 47.1 Å². The number of rotatable bonds is 5. The molecule has 1 saturated carbocycles. The summed E-state index contributed by atoms with van der Waals surface area (Å²) in [5, 5.41) is 6.91. The van der Waals surface area contributed by atoms with E-state index in [1.165, 1.54) is 0 Å². The van der Waals surface area contributed by atoms with Gasteiger partial charge in [-0.05, 0) is 44.0 Å². The van der Waals surface area contributed by atoms with Crippen molar-refractivity contribution in [2.24, 2.45) is 0 Å². The second-order valence-corrected chi connectivity index (χ2v) is 6.16. The van der Waals surface area contributed by atoms with E-state index < -0.39 is 0 Å². The highest BCUT2D eigenvalue weighted by atomic mass is 16.5. The van der Waals surface area contributed by atoms with E-state index in [0.29, 0.717) is 29.9 Å². The monoisotopic (exact) mass is 322 g/mol. The number of benzene rings is 1. The van der Waals surface area contributed by atoms with E-state index in [-0.39, 0.29) is 5.91 Å². The van der Waals surface area contributed by atoms with Gasteiger partial charge in [0, 0.05) is 17.8 Å². The third-order valence-electron chi connectivity index (χ3n) is 4.09. The van der Waals surface area contributed by atoms with Gasteiger partial charge in [-0.3, -0.25) is 4.79 Å². The lowest BCUT2D eigenvalue weighted by molar-refractivity contribution is 0.101. The molecular formula is C18H18N4O2. The number of nitrogens with one attached hydrogen (secondary N) is 1. The summed E-state index contributed by atoms with van der Waals surface area (Å²) < 4.78 is 7.09. The highest BCUT2D eigenvalue weighted by molar-refractivity contribution is 6.03. The maximum atomic E-state index is 12.5. The van der Waals surface area contributed by atoms with Crippen LogP contribution in [0, 0.1) is 6.92 Å². The van der Waals surface area contributed by atoms with Crippen molar-refractivity contribution < 1.29 is 9.32 Å². The highest BCUT2D eigenvalue weighted by Crippen LogP contribution is 2.38. The predicted octanol–water partition coefficient (Wildman–Crippen LogP) is 3.36. The molecule has 0 aliphatic heterocycles. The Morgan fingerprint density at radius 2 is 2.08 bits per heavy atom. The minimum atomic E-state index is -0.158. The van der Waals surface area contributed by atoms with Crippen LogP contribution in [0.3, 0.4) is 0 Å². The van der Waals surface area contributed by atoms with Crippen LogP contribution in [0.2, 0.25) is 0 Å². The van der Waals surface area contributed by atoms with Gasteiger partial charge in [-0.1, -0.05) is 22.9 Å². The van der Waals surface area contributed by atoms with Crippen molar-refractivity contribution >= 4 is 11.6 Å². The molecule has 0 atom stereocenters. The summed E-state index contributed by atoms with van der Waals surface area (Å²) in [5.41, 5.74) is 2.49. The standard InChI is InChI=1S/C18H18N4O2/c1-12-4-8-14(9-5-12)19-17(23)15-3-2-10-22(15)11-16-20-18(24-21-16)13-6-7-13/h2-5,8-10,13H,6-7,11H2,1H3,(H,19,23). The average molecular weight is 322 g/mol. The molecule has 1 aliphatic carbocycles. The Labute approximate surface area is 139 Å². The zero-order chi connectivity index (χ0) is 16.5. The highest BCUT2D eigenvalue weighted by Gasteiger charge is 2.29. The van der Waals surface area contributed by atoms with Gasteiger partial charge in [-0.2, -0.15) is 4.98 Å². The summed E-state index contributed by atoms with van der Waals surface area (Å²) in [6, 6.07) is 11.3. The number of carbonyl (C=O) groups is 1. The molecule has 1 aromatic carbocycles. The number of nitrogens with zero attached hydrogens (tertiary/aromatic N) is 3.